The maximum Gasteiger partial charge on any atom is 0.270 e. The number of hydrogen-bond acceptors (Lipinski definition) is 7. The molecule has 33 heavy (non-hydrogen) atoms. The summed E-state index contributed by atoms with van der Waals surface area (Å²) >= 11 is 0.851. The number of amides is 3. The summed E-state index contributed by atoms with van der Waals surface area (Å²) < 4.78 is 4.01. The lowest BCUT2D eigenvalue weighted by atomic mass is 9.91. The molecule has 2 heterocycles. The average molecular weight is 471 g/mol. The number of anilines is 1. The van der Waals surface area contributed by atoms with Crippen molar-refractivity contribution in [3.63, 3.8) is 0 Å². The second-order valence-electron chi connectivity index (χ2n) is 8.82. The highest BCUT2D eigenvalue weighted by molar-refractivity contribution is 7.09. The van der Waals surface area contributed by atoms with Crippen LogP contribution in [0.3, 0.4) is 0 Å². The van der Waals surface area contributed by atoms with Crippen molar-refractivity contribution in [3.8, 4) is 0 Å². The number of nitrogens with two attached hydrogens (primary N) is 2. The van der Waals surface area contributed by atoms with Crippen LogP contribution in [0.15, 0.2) is 24.5 Å². The van der Waals surface area contributed by atoms with E-state index in [1.54, 1.807) is 29.4 Å². The molecule has 0 bridgehead atoms. The van der Waals surface area contributed by atoms with E-state index in [2.05, 4.69) is 14.7 Å². The number of carbonyl (C=O) groups is 3. The van der Waals surface area contributed by atoms with Gasteiger partial charge >= 0.3 is 0 Å². The number of nitrogen functional groups attached to an aromatic ring is 1. The van der Waals surface area contributed by atoms with Crippen LogP contribution in [0.5, 0.6) is 0 Å². The van der Waals surface area contributed by atoms with Crippen LogP contribution in [0, 0.1) is 0 Å². The summed E-state index contributed by atoms with van der Waals surface area (Å²) in [6, 6.07) is 2.69. The Morgan fingerprint density at radius 3 is 2.27 bits per heavy atom. The number of nitrogens with zero attached hydrogens (tertiary/aromatic N) is 3. The lowest BCUT2D eigenvalue weighted by Crippen LogP contribution is -2.50. The zero-order valence-corrected chi connectivity index (χ0v) is 19.4. The minimum atomic E-state index is -0.831. The highest BCUT2D eigenvalue weighted by atomic mass is 32.1. The molecule has 2 saturated carbocycles. The zero-order valence-electron chi connectivity index (χ0n) is 18.5. The van der Waals surface area contributed by atoms with E-state index in [9.17, 15) is 14.4 Å². The molecule has 0 saturated heterocycles. The van der Waals surface area contributed by atoms with Gasteiger partial charge in [-0.2, -0.15) is 4.37 Å². The molecule has 10 heteroatoms. The number of primary amides is 1. The van der Waals surface area contributed by atoms with E-state index in [0.717, 1.165) is 69.3 Å². The first-order chi connectivity index (χ1) is 16.0. The molecule has 4 rings (SSSR count). The Morgan fingerprint density at radius 2 is 1.67 bits per heavy atom. The Morgan fingerprint density at radius 1 is 1.03 bits per heavy atom. The minimum Gasteiger partial charge on any atom is -0.395 e. The monoisotopic (exact) mass is 470 g/mol. The first-order valence-electron chi connectivity index (χ1n) is 11.5. The van der Waals surface area contributed by atoms with Crippen molar-refractivity contribution in [3.05, 3.63) is 40.7 Å². The fourth-order valence-electron chi connectivity index (χ4n) is 4.93. The van der Waals surface area contributed by atoms with E-state index in [-0.39, 0.29) is 34.2 Å². The van der Waals surface area contributed by atoms with Crippen LogP contribution < -0.4 is 16.8 Å². The van der Waals surface area contributed by atoms with Crippen molar-refractivity contribution in [1.29, 1.82) is 0 Å². The molecule has 0 aromatic carbocycles. The van der Waals surface area contributed by atoms with Gasteiger partial charge in [0.2, 0.25) is 5.91 Å². The van der Waals surface area contributed by atoms with Crippen LogP contribution in [0.2, 0.25) is 0 Å². The number of hydrogen-bond donors (Lipinski definition) is 3. The van der Waals surface area contributed by atoms with Gasteiger partial charge < -0.3 is 21.7 Å². The van der Waals surface area contributed by atoms with Gasteiger partial charge in [0.05, 0.1) is 5.69 Å². The third-order valence-corrected chi connectivity index (χ3v) is 7.46. The van der Waals surface area contributed by atoms with Crippen LogP contribution >= 0.6 is 11.5 Å². The van der Waals surface area contributed by atoms with Gasteiger partial charge in [0, 0.05) is 24.5 Å². The van der Waals surface area contributed by atoms with E-state index in [1.165, 1.54) is 0 Å². The predicted molar refractivity (Wildman–Crippen MR) is 125 cm³/mol. The van der Waals surface area contributed by atoms with E-state index < -0.39 is 17.9 Å². The summed E-state index contributed by atoms with van der Waals surface area (Å²) in [4.78, 5) is 45.2. The van der Waals surface area contributed by atoms with Crippen molar-refractivity contribution in [2.24, 2.45) is 5.73 Å². The molecule has 5 N–H and O–H groups in total. The summed E-state index contributed by atoms with van der Waals surface area (Å²) in [5.41, 5.74) is 12.0. The van der Waals surface area contributed by atoms with E-state index >= 15 is 0 Å². The van der Waals surface area contributed by atoms with E-state index in [4.69, 9.17) is 11.5 Å². The molecule has 1 unspecified atom stereocenters. The van der Waals surface area contributed by atoms with Crippen molar-refractivity contribution in [2.45, 2.75) is 75.9 Å². The first kappa shape index (κ1) is 23.2. The topological polar surface area (TPSA) is 144 Å². The number of rotatable bonds is 7. The van der Waals surface area contributed by atoms with Gasteiger partial charge in [-0.15, -0.1) is 0 Å². The normalized spacial score (nSPS) is 18.1. The maximum atomic E-state index is 13.9. The van der Waals surface area contributed by atoms with Gasteiger partial charge in [0.15, 0.2) is 5.69 Å². The Hall–Kier alpha value is -3.01. The van der Waals surface area contributed by atoms with Crippen LogP contribution in [0.1, 0.15) is 89.6 Å². The van der Waals surface area contributed by atoms with Crippen molar-refractivity contribution >= 4 is 34.9 Å². The molecular weight excluding hydrogens is 440 g/mol. The summed E-state index contributed by atoms with van der Waals surface area (Å²) in [6.45, 7) is 0. The fourth-order valence-corrected chi connectivity index (χ4v) is 5.68. The van der Waals surface area contributed by atoms with Gasteiger partial charge in [-0.05, 0) is 54.9 Å². The highest BCUT2D eigenvalue weighted by Crippen LogP contribution is 2.35. The van der Waals surface area contributed by atoms with Crippen LogP contribution in [0.4, 0.5) is 5.69 Å². The Labute approximate surface area is 197 Å². The lowest BCUT2D eigenvalue weighted by Gasteiger charge is -2.39. The molecule has 2 fully saturated rings. The number of carbonyl (C=O) groups excluding carboxylic acids is 3. The molecule has 176 valence electrons. The van der Waals surface area contributed by atoms with Crippen molar-refractivity contribution in [2.75, 3.05) is 5.73 Å². The number of aromatic nitrogens is 2. The summed E-state index contributed by atoms with van der Waals surface area (Å²) in [6.07, 6.45) is 12.0. The molecule has 0 aliphatic heterocycles. The smallest absolute Gasteiger partial charge is 0.270 e. The Kier molecular flexibility index (Phi) is 7.22. The summed E-state index contributed by atoms with van der Waals surface area (Å²) in [5.74, 6) is -1.38. The molecule has 0 radical (unpaired) electrons. The van der Waals surface area contributed by atoms with Gasteiger partial charge in [0.1, 0.15) is 10.9 Å². The quantitative estimate of drug-likeness (QED) is 0.567. The zero-order chi connectivity index (χ0) is 23.4. The van der Waals surface area contributed by atoms with Crippen LogP contribution in [0.25, 0.3) is 0 Å². The first-order valence-corrected chi connectivity index (χ1v) is 12.3. The largest absolute Gasteiger partial charge is 0.395 e. The number of pyridine rings is 1. The Balaban J connectivity index is 1.75. The highest BCUT2D eigenvalue weighted by Gasteiger charge is 2.40. The molecule has 2 aromatic heterocycles. The third-order valence-electron chi connectivity index (χ3n) is 6.61. The predicted octanol–water partition coefficient (Wildman–Crippen LogP) is 2.79. The van der Waals surface area contributed by atoms with Crippen LogP contribution in [-0.4, -0.2) is 44.1 Å². The molecule has 1 atom stereocenters. The SMILES string of the molecule is NC(=O)c1nsc(C(=O)N(C2CCCCC2)C(C(=O)NC2CCCC2)c2ccncc2)c1N. The van der Waals surface area contributed by atoms with Crippen molar-refractivity contribution in [1.82, 2.24) is 19.6 Å². The van der Waals surface area contributed by atoms with Gasteiger partial charge in [-0.25, -0.2) is 0 Å². The van der Waals surface area contributed by atoms with Crippen molar-refractivity contribution < 1.29 is 14.4 Å². The maximum absolute atomic E-state index is 13.9. The standard InChI is InChI=1S/C23H30N6O3S/c24-17-18(21(25)30)28-33-20(17)23(32)29(16-8-2-1-3-9-16)19(14-10-12-26-13-11-14)22(31)27-15-6-4-5-7-15/h10-13,15-16,19H,1-9,24H2,(H2,25,30)(H,27,31). The second kappa shape index (κ2) is 10.3. The molecule has 2 aliphatic carbocycles. The molecule has 2 aliphatic rings. The lowest BCUT2D eigenvalue weighted by molar-refractivity contribution is -0.127. The van der Waals surface area contributed by atoms with E-state index in [0.29, 0.717) is 5.56 Å². The second-order valence-corrected chi connectivity index (χ2v) is 9.59. The Bertz CT molecular complexity index is 999. The summed E-state index contributed by atoms with van der Waals surface area (Å²) in [7, 11) is 0. The van der Waals surface area contributed by atoms with Gasteiger partial charge in [0.25, 0.3) is 11.8 Å². The van der Waals surface area contributed by atoms with Gasteiger partial charge in [-0.3, -0.25) is 19.4 Å². The fraction of sp³-hybridized carbons (Fsp3) is 0.522. The van der Waals surface area contributed by atoms with Crippen LogP contribution in [-0.2, 0) is 4.79 Å². The molecule has 3 amide bonds. The summed E-state index contributed by atoms with van der Waals surface area (Å²) in [5, 5.41) is 3.17. The molecule has 2 aromatic rings. The molecule has 9 nitrogen and oxygen atoms in total. The molecule has 0 spiro atoms. The number of nitrogens with one attached hydrogen (secondary N) is 1. The minimum absolute atomic E-state index is 0.0250. The van der Waals surface area contributed by atoms with E-state index in [1.807, 2.05) is 0 Å². The average Bonchev–Trinajstić information content (AvgIpc) is 3.47. The molecular formula is C23H30N6O3S. The van der Waals surface area contributed by atoms with Gasteiger partial charge in [-0.1, -0.05) is 32.1 Å². The third kappa shape index (κ3) is 5.00.